The molecule has 1 aromatic carbocycles. The second kappa shape index (κ2) is 8.43. The molecule has 1 aromatic heterocycles. The van der Waals surface area contributed by atoms with Crippen LogP contribution in [0.5, 0.6) is 5.75 Å². The van der Waals surface area contributed by atoms with Crippen molar-refractivity contribution in [1.29, 1.82) is 0 Å². The van der Waals surface area contributed by atoms with Gasteiger partial charge in [-0.25, -0.2) is 8.42 Å². The Bertz CT molecular complexity index is 1020. The van der Waals surface area contributed by atoms with Crippen molar-refractivity contribution >= 4 is 15.7 Å². The van der Waals surface area contributed by atoms with E-state index in [0.717, 1.165) is 42.8 Å². The van der Waals surface area contributed by atoms with Gasteiger partial charge in [0, 0.05) is 6.04 Å². The lowest BCUT2D eigenvalue weighted by Gasteiger charge is -2.28. The van der Waals surface area contributed by atoms with Crippen molar-refractivity contribution in [3.8, 4) is 5.75 Å². The van der Waals surface area contributed by atoms with Gasteiger partial charge in [0.2, 0.25) is 0 Å². The normalized spacial score (nSPS) is 23.5. The molecular formula is C22H28N2O5S. The summed E-state index contributed by atoms with van der Waals surface area (Å²) in [6, 6.07) is 8.68. The zero-order chi connectivity index (χ0) is 21.3. The van der Waals surface area contributed by atoms with Gasteiger partial charge in [0.15, 0.2) is 15.6 Å². The number of ether oxygens (including phenoxy) is 1. The predicted octanol–water partition coefficient (Wildman–Crippen LogP) is 2.47. The van der Waals surface area contributed by atoms with Crippen LogP contribution in [-0.2, 0) is 16.4 Å². The van der Waals surface area contributed by atoms with Gasteiger partial charge in [0.05, 0.1) is 17.5 Å². The summed E-state index contributed by atoms with van der Waals surface area (Å²) in [5, 5.41) is 2.89. The Balaban J connectivity index is 1.38. The van der Waals surface area contributed by atoms with Crippen molar-refractivity contribution < 1.29 is 22.4 Å². The van der Waals surface area contributed by atoms with Crippen LogP contribution in [0.1, 0.15) is 40.3 Å². The van der Waals surface area contributed by atoms with E-state index in [-0.39, 0.29) is 35.8 Å². The lowest BCUT2D eigenvalue weighted by Crippen LogP contribution is -2.50. The zero-order valence-electron chi connectivity index (χ0n) is 17.4. The van der Waals surface area contributed by atoms with Crippen LogP contribution in [-0.4, -0.2) is 55.9 Å². The van der Waals surface area contributed by atoms with Crippen LogP contribution in [0.15, 0.2) is 34.7 Å². The van der Waals surface area contributed by atoms with E-state index in [1.807, 2.05) is 32.0 Å². The minimum Gasteiger partial charge on any atom is -0.485 e. The molecule has 2 unspecified atom stereocenters. The highest BCUT2D eigenvalue weighted by Crippen LogP contribution is 2.24. The van der Waals surface area contributed by atoms with Crippen molar-refractivity contribution in [3.05, 3.63) is 53.0 Å². The molecule has 3 heterocycles. The third-order valence-corrected chi connectivity index (χ3v) is 7.55. The fourth-order valence-corrected chi connectivity index (χ4v) is 6.28. The molecule has 30 heavy (non-hydrogen) atoms. The number of aryl methyl sites for hydroxylation is 2. The van der Waals surface area contributed by atoms with Crippen LogP contribution in [0.3, 0.4) is 0 Å². The molecule has 2 aliphatic heterocycles. The number of nitrogens with one attached hydrogen (secondary N) is 1. The van der Waals surface area contributed by atoms with Gasteiger partial charge in [0.25, 0.3) is 5.91 Å². The molecule has 1 N–H and O–H groups in total. The van der Waals surface area contributed by atoms with Gasteiger partial charge in [-0.05, 0) is 63.5 Å². The summed E-state index contributed by atoms with van der Waals surface area (Å²) in [4.78, 5) is 14.9. The summed E-state index contributed by atoms with van der Waals surface area (Å²) in [6.45, 7) is 5.99. The highest BCUT2D eigenvalue weighted by Gasteiger charge is 2.42. The Hall–Kier alpha value is -2.32. The number of likely N-dealkylation sites (tertiary alicyclic amines) is 1. The average Bonchev–Trinajstić information content (AvgIpc) is 3.41. The molecule has 0 bridgehead atoms. The fraction of sp³-hybridized carbons (Fsp3) is 0.500. The molecule has 7 nitrogen and oxygen atoms in total. The summed E-state index contributed by atoms with van der Waals surface area (Å²) in [6.07, 6.45) is 2.14. The van der Waals surface area contributed by atoms with Crippen LogP contribution in [0, 0.1) is 13.8 Å². The molecule has 0 spiro atoms. The zero-order valence-corrected chi connectivity index (χ0v) is 18.2. The molecule has 162 valence electrons. The number of carbonyl (C=O) groups excluding carboxylic acids is 1. The molecule has 4 rings (SSSR count). The van der Waals surface area contributed by atoms with Gasteiger partial charge in [-0.1, -0.05) is 17.7 Å². The number of furan rings is 1. The molecular weight excluding hydrogens is 404 g/mol. The van der Waals surface area contributed by atoms with E-state index in [0.29, 0.717) is 5.76 Å². The first-order valence-corrected chi connectivity index (χ1v) is 12.2. The van der Waals surface area contributed by atoms with E-state index in [9.17, 15) is 13.2 Å². The largest absolute Gasteiger partial charge is 0.485 e. The summed E-state index contributed by atoms with van der Waals surface area (Å²) < 4.78 is 35.8. The molecule has 0 saturated carbocycles. The average molecular weight is 433 g/mol. The number of hydrogen-bond acceptors (Lipinski definition) is 6. The maximum Gasteiger partial charge on any atom is 0.287 e. The summed E-state index contributed by atoms with van der Waals surface area (Å²) in [7, 11) is -3.16. The van der Waals surface area contributed by atoms with E-state index in [4.69, 9.17) is 9.15 Å². The first kappa shape index (κ1) is 20.9. The van der Waals surface area contributed by atoms with Crippen molar-refractivity contribution in [2.75, 3.05) is 24.6 Å². The number of amides is 1. The number of sulfone groups is 1. The van der Waals surface area contributed by atoms with E-state index in [1.54, 1.807) is 12.1 Å². The quantitative estimate of drug-likeness (QED) is 0.754. The number of benzene rings is 1. The van der Waals surface area contributed by atoms with Crippen molar-refractivity contribution in [3.63, 3.8) is 0 Å². The van der Waals surface area contributed by atoms with Gasteiger partial charge in [-0.15, -0.1) is 0 Å². The highest BCUT2D eigenvalue weighted by molar-refractivity contribution is 7.91. The fourth-order valence-electron chi connectivity index (χ4n) is 4.33. The van der Waals surface area contributed by atoms with Gasteiger partial charge < -0.3 is 14.5 Å². The van der Waals surface area contributed by atoms with Gasteiger partial charge in [-0.3, -0.25) is 9.69 Å². The number of rotatable bonds is 6. The molecule has 2 aliphatic rings. The van der Waals surface area contributed by atoms with E-state index in [2.05, 4.69) is 10.2 Å². The van der Waals surface area contributed by atoms with Crippen LogP contribution in [0.2, 0.25) is 0 Å². The summed E-state index contributed by atoms with van der Waals surface area (Å²) >= 11 is 0. The minimum absolute atomic E-state index is 0.0245. The molecule has 0 aliphatic carbocycles. The molecule has 2 atom stereocenters. The Kier molecular flexibility index (Phi) is 5.88. The SMILES string of the molecule is Cc1ccc(OCc2ccc(C(=O)NC3CS(=O)(=O)CC3N3CCCC3)o2)c(C)c1. The molecule has 8 heteroatoms. The Labute approximate surface area is 177 Å². The standard InChI is InChI=1S/C22H28N2O5S/c1-15-5-7-20(16(2)11-15)28-12-17-6-8-21(29-17)22(25)23-18-13-30(26,27)14-19(18)24-9-3-4-10-24/h5-8,11,18-19H,3-4,9-10,12-14H2,1-2H3,(H,23,25). The van der Waals surface area contributed by atoms with Crippen LogP contribution in [0.4, 0.5) is 0 Å². The van der Waals surface area contributed by atoms with E-state index < -0.39 is 15.9 Å². The van der Waals surface area contributed by atoms with Gasteiger partial charge in [-0.2, -0.15) is 0 Å². The Morgan fingerprint density at radius 2 is 1.93 bits per heavy atom. The minimum atomic E-state index is -3.16. The monoisotopic (exact) mass is 432 g/mol. The van der Waals surface area contributed by atoms with Crippen molar-refractivity contribution in [2.45, 2.75) is 45.4 Å². The van der Waals surface area contributed by atoms with Gasteiger partial charge in [0.1, 0.15) is 18.1 Å². The van der Waals surface area contributed by atoms with E-state index >= 15 is 0 Å². The third-order valence-electron chi connectivity index (χ3n) is 5.83. The smallest absolute Gasteiger partial charge is 0.287 e. The maximum atomic E-state index is 12.7. The second-order valence-corrected chi connectivity index (χ2v) is 10.4. The number of carbonyl (C=O) groups is 1. The first-order valence-electron chi connectivity index (χ1n) is 10.3. The first-order chi connectivity index (χ1) is 14.3. The number of nitrogens with zero attached hydrogens (tertiary/aromatic N) is 1. The molecule has 0 radical (unpaired) electrons. The predicted molar refractivity (Wildman–Crippen MR) is 113 cm³/mol. The highest BCUT2D eigenvalue weighted by atomic mass is 32.2. The topological polar surface area (TPSA) is 88.8 Å². The van der Waals surface area contributed by atoms with Crippen LogP contribution >= 0.6 is 0 Å². The van der Waals surface area contributed by atoms with Crippen LogP contribution < -0.4 is 10.1 Å². The Morgan fingerprint density at radius 3 is 2.67 bits per heavy atom. The van der Waals surface area contributed by atoms with Crippen molar-refractivity contribution in [1.82, 2.24) is 10.2 Å². The lowest BCUT2D eigenvalue weighted by molar-refractivity contribution is 0.0886. The third kappa shape index (κ3) is 4.70. The summed E-state index contributed by atoms with van der Waals surface area (Å²) in [5.41, 5.74) is 2.20. The van der Waals surface area contributed by atoms with Crippen molar-refractivity contribution in [2.24, 2.45) is 0 Å². The van der Waals surface area contributed by atoms with Crippen LogP contribution in [0.25, 0.3) is 0 Å². The number of hydrogen-bond donors (Lipinski definition) is 1. The molecule has 1 amide bonds. The molecule has 2 aromatic rings. The molecule has 2 saturated heterocycles. The Morgan fingerprint density at radius 1 is 1.17 bits per heavy atom. The van der Waals surface area contributed by atoms with Gasteiger partial charge >= 0.3 is 0 Å². The summed E-state index contributed by atoms with van der Waals surface area (Å²) in [5.74, 6) is 1.16. The molecule has 2 fully saturated rings. The maximum absolute atomic E-state index is 12.7. The lowest BCUT2D eigenvalue weighted by atomic mass is 10.1. The second-order valence-electron chi connectivity index (χ2n) is 8.29. The van der Waals surface area contributed by atoms with E-state index in [1.165, 1.54) is 0 Å².